The van der Waals surface area contributed by atoms with Crippen molar-refractivity contribution in [3.63, 3.8) is 0 Å². The number of quaternary nitrogens is 1. The number of pyridine rings is 1. The van der Waals surface area contributed by atoms with Gasteiger partial charge in [0.1, 0.15) is 0 Å². The van der Waals surface area contributed by atoms with E-state index in [9.17, 15) is 0 Å². The van der Waals surface area contributed by atoms with Gasteiger partial charge in [0.25, 0.3) is 0 Å². The van der Waals surface area contributed by atoms with Gasteiger partial charge in [-0.3, -0.25) is 9.89 Å². The summed E-state index contributed by atoms with van der Waals surface area (Å²) in [7, 11) is 0. The van der Waals surface area contributed by atoms with Crippen LogP contribution in [0.1, 0.15) is 12.8 Å². The summed E-state index contributed by atoms with van der Waals surface area (Å²) in [6.07, 6.45) is 12.3. The largest absolute Gasteiger partial charge is 0.299 e. The molecule has 1 atom stereocenters. The Hall–Kier alpha value is -3.26. The molecule has 1 aliphatic carbocycles. The summed E-state index contributed by atoms with van der Waals surface area (Å²) < 4.78 is 0.459. The van der Waals surface area contributed by atoms with Crippen LogP contribution in [-0.2, 0) is 0 Å². The van der Waals surface area contributed by atoms with Crippen molar-refractivity contribution in [3.05, 3.63) is 85.0 Å². The first kappa shape index (κ1) is 22.0. The van der Waals surface area contributed by atoms with E-state index in [0.717, 1.165) is 46.4 Å². The molecule has 6 nitrogen and oxygen atoms in total. The Labute approximate surface area is 215 Å². The van der Waals surface area contributed by atoms with E-state index in [1.165, 1.54) is 24.6 Å². The molecule has 3 aromatic rings. The topological polar surface area (TPSA) is 44.1 Å². The van der Waals surface area contributed by atoms with E-state index < -0.39 is 0 Å². The molecular formula is C29H29N6S+. The number of rotatable bonds is 5. The molecule has 3 aliphatic heterocycles. The van der Waals surface area contributed by atoms with Gasteiger partial charge < -0.3 is 0 Å². The van der Waals surface area contributed by atoms with Crippen molar-refractivity contribution in [3.8, 4) is 11.3 Å². The molecule has 4 aliphatic rings. The number of aromatic nitrogens is 1. The molecule has 0 N–H and O–H groups in total. The average Bonchev–Trinajstić information content (AvgIpc) is 3.35. The fourth-order valence-corrected chi connectivity index (χ4v) is 6.75. The highest BCUT2D eigenvalue weighted by Crippen LogP contribution is 2.41. The van der Waals surface area contributed by atoms with E-state index >= 15 is 0 Å². The lowest BCUT2D eigenvalue weighted by atomic mass is 9.84. The second-order valence-corrected chi connectivity index (χ2v) is 11.1. The van der Waals surface area contributed by atoms with E-state index in [1.807, 2.05) is 31.0 Å². The maximum absolute atomic E-state index is 5.07. The van der Waals surface area contributed by atoms with Crippen molar-refractivity contribution in [2.24, 2.45) is 9.98 Å². The monoisotopic (exact) mass is 493 g/mol. The lowest BCUT2D eigenvalue weighted by Crippen LogP contribution is -2.65. The van der Waals surface area contributed by atoms with E-state index in [-0.39, 0.29) is 0 Å². The summed E-state index contributed by atoms with van der Waals surface area (Å²) in [5.41, 5.74) is 5.38. The average molecular weight is 494 g/mol. The predicted octanol–water partition coefficient (Wildman–Crippen LogP) is 5.46. The molecule has 2 aromatic carbocycles. The Morgan fingerprint density at radius 3 is 2.64 bits per heavy atom. The minimum absolute atomic E-state index is 0.406. The van der Waals surface area contributed by atoms with Gasteiger partial charge in [-0.2, -0.15) is 11.8 Å². The zero-order chi connectivity index (χ0) is 24.0. The summed E-state index contributed by atoms with van der Waals surface area (Å²) in [6, 6.07) is 22.5. The molecule has 7 rings (SSSR count). The molecule has 7 heteroatoms. The van der Waals surface area contributed by atoms with Crippen LogP contribution in [0.5, 0.6) is 0 Å². The van der Waals surface area contributed by atoms with Crippen LogP contribution in [0.2, 0.25) is 0 Å². The number of fused-ring (bicyclic) bond motifs is 2. The number of hydrogen-bond donors (Lipinski definition) is 0. The highest BCUT2D eigenvalue weighted by molar-refractivity contribution is 7.99. The van der Waals surface area contributed by atoms with Crippen molar-refractivity contribution in [2.75, 3.05) is 29.6 Å². The van der Waals surface area contributed by atoms with Crippen molar-refractivity contribution < 1.29 is 4.59 Å². The first-order valence-corrected chi connectivity index (χ1v) is 13.9. The normalized spacial score (nSPS) is 27.1. The molecule has 0 spiro atoms. The molecule has 4 heterocycles. The van der Waals surface area contributed by atoms with Gasteiger partial charge in [-0.05, 0) is 31.0 Å². The lowest BCUT2D eigenvalue weighted by molar-refractivity contribution is -0.746. The number of hydrogen-bond acceptors (Lipinski definition) is 6. The summed E-state index contributed by atoms with van der Waals surface area (Å²) in [5.74, 6) is 2.51. The maximum Gasteiger partial charge on any atom is 0.225 e. The molecule has 2 fully saturated rings. The third kappa shape index (κ3) is 3.70. The molecule has 0 amide bonds. The van der Waals surface area contributed by atoms with Crippen molar-refractivity contribution >= 4 is 40.9 Å². The molecule has 180 valence electrons. The van der Waals surface area contributed by atoms with Crippen LogP contribution in [0.15, 0.2) is 94.9 Å². The standard InChI is InChI=1S/C29H29N6S/c1-2-4-22(5-3-1)28-9-7-23-6-8-24(18-29(23)32-28)34(35-13-10-30-19-27(35)20-31-21-35)26-16-25(17-26)33-11-14-36-15-12-33/h1-10,13,18-21,25-26H,11-12,14-17H2/q+1. The van der Waals surface area contributed by atoms with Crippen LogP contribution in [-0.4, -0.2) is 63.7 Å². The second kappa shape index (κ2) is 9.00. The Balaban J connectivity index is 1.27. The van der Waals surface area contributed by atoms with Gasteiger partial charge in [0.15, 0.2) is 6.20 Å². The van der Waals surface area contributed by atoms with Gasteiger partial charge in [0, 0.05) is 41.6 Å². The molecule has 0 bridgehead atoms. The summed E-state index contributed by atoms with van der Waals surface area (Å²) >= 11 is 2.08. The van der Waals surface area contributed by atoms with E-state index in [0.29, 0.717) is 16.7 Å². The third-order valence-electron chi connectivity index (χ3n) is 7.81. The van der Waals surface area contributed by atoms with E-state index in [4.69, 9.17) is 4.98 Å². The smallest absolute Gasteiger partial charge is 0.225 e. The molecule has 1 unspecified atom stereocenters. The lowest BCUT2D eigenvalue weighted by Gasteiger charge is -2.52. The molecular weight excluding hydrogens is 464 g/mol. The second-order valence-electron chi connectivity index (χ2n) is 9.84. The van der Waals surface area contributed by atoms with Crippen LogP contribution in [0.3, 0.4) is 0 Å². The molecule has 1 aromatic heterocycles. The van der Waals surface area contributed by atoms with Gasteiger partial charge in [0.05, 0.1) is 41.6 Å². The first-order chi connectivity index (χ1) is 17.8. The summed E-state index contributed by atoms with van der Waals surface area (Å²) in [6.45, 7) is 2.42. The quantitative estimate of drug-likeness (QED) is 0.443. The van der Waals surface area contributed by atoms with Crippen LogP contribution < -0.4 is 5.01 Å². The van der Waals surface area contributed by atoms with Crippen LogP contribution >= 0.6 is 11.8 Å². The third-order valence-corrected chi connectivity index (χ3v) is 8.76. The van der Waals surface area contributed by atoms with E-state index in [1.54, 1.807) is 0 Å². The van der Waals surface area contributed by atoms with Gasteiger partial charge in [-0.15, -0.1) is 4.59 Å². The number of thioether (sulfide) groups is 1. The highest BCUT2D eigenvalue weighted by Gasteiger charge is 2.49. The highest BCUT2D eigenvalue weighted by atomic mass is 32.2. The van der Waals surface area contributed by atoms with Crippen LogP contribution in [0, 0.1) is 0 Å². The molecule has 1 saturated heterocycles. The van der Waals surface area contributed by atoms with Crippen LogP contribution in [0.25, 0.3) is 22.2 Å². The summed E-state index contributed by atoms with van der Waals surface area (Å²) in [5, 5.41) is 3.67. The Morgan fingerprint density at radius 1 is 0.944 bits per heavy atom. The predicted molar refractivity (Wildman–Crippen MR) is 150 cm³/mol. The minimum atomic E-state index is 0.406. The Kier molecular flexibility index (Phi) is 5.49. The number of nitrogens with zero attached hydrogens (tertiary/aromatic N) is 6. The fraction of sp³-hybridized carbons (Fsp3) is 0.276. The van der Waals surface area contributed by atoms with Crippen molar-refractivity contribution in [1.29, 1.82) is 0 Å². The number of allylic oxidation sites excluding steroid dienone is 1. The maximum atomic E-state index is 5.07. The van der Waals surface area contributed by atoms with Gasteiger partial charge in [-0.1, -0.05) is 42.5 Å². The van der Waals surface area contributed by atoms with Crippen molar-refractivity contribution in [1.82, 2.24) is 9.88 Å². The SMILES string of the molecule is C1=C[N+]2(N(c3ccc4ccc(-c5ccccc5)nc4c3)C3CC(N4CCSCC4)C3)C=NC=C2C=N1. The zero-order valence-corrected chi connectivity index (χ0v) is 21.0. The number of benzene rings is 2. The molecule has 36 heavy (non-hydrogen) atoms. The van der Waals surface area contributed by atoms with Gasteiger partial charge in [0.2, 0.25) is 12.0 Å². The molecule has 1 saturated carbocycles. The zero-order valence-electron chi connectivity index (χ0n) is 20.1. The summed E-state index contributed by atoms with van der Waals surface area (Å²) in [4.78, 5) is 16.8. The van der Waals surface area contributed by atoms with Gasteiger partial charge in [-0.25, -0.2) is 15.0 Å². The van der Waals surface area contributed by atoms with E-state index in [2.05, 4.69) is 92.5 Å². The minimum Gasteiger partial charge on any atom is -0.299 e. The number of anilines is 1. The number of aliphatic imine (C=N–C) groups is 2. The fourth-order valence-electron chi connectivity index (χ4n) is 5.82. The van der Waals surface area contributed by atoms with Crippen molar-refractivity contribution in [2.45, 2.75) is 24.9 Å². The van der Waals surface area contributed by atoms with Crippen LogP contribution in [0.4, 0.5) is 5.69 Å². The Morgan fingerprint density at radius 2 is 1.78 bits per heavy atom. The first-order valence-electron chi connectivity index (χ1n) is 12.7. The Bertz CT molecular complexity index is 1400. The molecule has 0 radical (unpaired) electrons. The van der Waals surface area contributed by atoms with Gasteiger partial charge >= 0.3 is 0 Å².